The number of amides is 1. The summed E-state index contributed by atoms with van der Waals surface area (Å²) in [6, 6.07) is 13.4. The van der Waals surface area contributed by atoms with Crippen LogP contribution < -0.4 is 5.32 Å². The van der Waals surface area contributed by atoms with Crippen molar-refractivity contribution in [1.29, 1.82) is 0 Å². The molecule has 1 amide bonds. The van der Waals surface area contributed by atoms with Crippen LogP contribution in [0, 0.1) is 0 Å². The lowest BCUT2D eigenvalue weighted by Crippen LogP contribution is -2.41. The highest BCUT2D eigenvalue weighted by atomic mass is 16.4. The number of carboxylic acids is 1. The molecule has 1 saturated carbocycles. The number of nitrogens with one attached hydrogen (secondary N) is 2. The summed E-state index contributed by atoms with van der Waals surface area (Å²) < 4.78 is 0. The van der Waals surface area contributed by atoms with Crippen LogP contribution in [0.2, 0.25) is 0 Å². The number of carboxylic acid groups (broad SMARTS) is 1. The Labute approximate surface area is 168 Å². The molecule has 1 heterocycles. The number of aliphatic hydroxyl groups excluding tert-OH is 1. The van der Waals surface area contributed by atoms with Crippen LogP contribution in [0.3, 0.4) is 0 Å². The third-order valence-corrected chi connectivity index (χ3v) is 5.85. The van der Waals surface area contributed by atoms with Crippen LogP contribution in [0.25, 0.3) is 22.0 Å². The zero-order valence-corrected chi connectivity index (χ0v) is 16.2. The number of aromatic amines is 1. The van der Waals surface area contributed by atoms with E-state index in [0.29, 0.717) is 0 Å². The molecule has 0 radical (unpaired) electrons. The van der Waals surface area contributed by atoms with Crippen LogP contribution >= 0.6 is 0 Å². The minimum absolute atomic E-state index is 0.0498. The summed E-state index contributed by atoms with van der Waals surface area (Å²) in [5.41, 5.74) is 4.98. The zero-order valence-electron chi connectivity index (χ0n) is 16.2. The highest BCUT2D eigenvalue weighted by Crippen LogP contribution is 2.47. The molecule has 29 heavy (non-hydrogen) atoms. The monoisotopic (exact) mass is 392 g/mol. The van der Waals surface area contributed by atoms with Crippen molar-refractivity contribution in [2.24, 2.45) is 0 Å². The quantitative estimate of drug-likeness (QED) is 0.496. The van der Waals surface area contributed by atoms with Crippen molar-refractivity contribution < 1.29 is 19.8 Å². The Balaban J connectivity index is 1.63. The molecule has 4 rings (SSSR count). The molecular weight excluding hydrogens is 368 g/mol. The van der Waals surface area contributed by atoms with E-state index in [0.717, 1.165) is 40.4 Å². The molecule has 0 spiro atoms. The van der Waals surface area contributed by atoms with Crippen molar-refractivity contribution in [1.82, 2.24) is 10.3 Å². The fourth-order valence-corrected chi connectivity index (χ4v) is 3.90. The van der Waals surface area contributed by atoms with Crippen molar-refractivity contribution in [2.75, 3.05) is 6.61 Å². The van der Waals surface area contributed by atoms with Gasteiger partial charge >= 0.3 is 5.97 Å². The molecule has 0 bridgehead atoms. The SMILES string of the molecule is CC(=O)NC(Cc1c[nH]c2ccc(-c3ccc(C4(CO)CC4)cc3)cc12)C(=O)O. The summed E-state index contributed by atoms with van der Waals surface area (Å²) in [7, 11) is 0. The number of H-pyrrole nitrogens is 1. The predicted molar refractivity (Wildman–Crippen MR) is 111 cm³/mol. The van der Waals surface area contributed by atoms with Gasteiger partial charge in [0, 0.05) is 35.9 Å². The number of benzene rings is 2. The van der Waals surface area contributed by atoms with Crippen LogP contribution in [-0.2, 0) is 21.4 Å². The van der Waals surface area contributed by atoms with E-state index >= 15 is 0 Å². The van der Waals surface area contributed by atoms with Crippen molar-refractivity contribution in [3.63, 3.8) is 0 Å². The average molecular weight is 392 g/mol. The summed E-state index contributed by atoms with van der Waals surface area (Å²) in [5, 5.41) is 22.4. The molecule has 6 nitrogen and oxygen atoms in total. The van der Waals surface area contributed by atoms with Gasteiger partial charge in [-0.1, -0.05) is 30.3 Å². The molecule has 0 aliphatic heterocycles. The van der Waals surface area contributed by atoms with Crippen LogP contribution in [-0.4, -0.2) is 39.7 Å². The minimum atomic E-state index is -1.06. The van der Waals surface area contributed by atoms with Crippen molar-refractivity contribution in [3.8, 4) is 11.1 Å². The second-order valence-electron chi connectivity index (χ2n) is 7.89. The standard InChI is InChI=1S/C23H24N2O4/c1-14(27)25-21(22(28)29)11-17-12-24-20-7-4-16(10-19(17)20)15-2-5-18(6-3-15)23(13-26)8-9-23/h2-7,10,12,21,24,26H,8-9,11,13H2,1H3,(H,25,27)(H,28,29). The number of hydrogen-bond donors (Lipinski definition) is 4. The van der Waals surface area contributed by atoms with Gasteiger partial charge in [-0.05, 0) is 47.2 Å². The Morgan fingerprint density at radius 3 is 2.41 bits per heavy atom. The van der Waals surface area contributed by atoms with Gasteiger partial charge in [-0.3, -0.25) is 4.79 Å². The molecule has 3 aromatic rings. The highest BCUT2D eigenvalue weighted by Gasteiger charge is 2.43. The molecule has 1 atom stereocenters. The summed E-state index contributed by atoms with van der Waals surface area (Å²) in [6.45, 7) is 1.50. The Morgan fingerprint density at radius 2 is 1.83 bits per heavy atom. The average Bonchev–Trinajstić information content (AvgIpc) is 3.42. The van der Waals surface area contributed by atoms with Gasteiger partial charge in [-0.2, -0.15) is 0 Å². The van der Waals surface area contributed by atoms with E-state index in [1.165, 1.54) is 12.5 Å². The maximum absolute atomic E-state index is 11.5. The van der Waals surface area contributed by atoms with E-state index in [4.69, 9.17) is 0 Å². The van der Waals surface area contributed by atoms with Crippen molar-refractivity contribution in [2.45, 2.75) is 37.6 Å². The molecular formula is C23H24N2O4. The van der Waals surface area contributed by atoms with Gasteiger partial charge in [-0.15, -0.1) is 0 Å². The number of carbonyl (C=O) groups excluding carboxylic acids is 1. The van der Waals surface area contributed by atoms with Crippen molar-refractivity contribution >= 4 is 22.8 Å². The van der Waals surface area contributed by atoms with E-state index in [9.17, 15) is 19.8 Å². The summed E-state index contributed by atoms with van der Waals surface area (Å²) in [5.74, 6) is -1.42. The molecule has 1 aromatic heterocycles. The van der Waals surface area contributed by atoms with Crippen LogP contribution in [0.4, 0.5) is 0 Å². The van der Waals surface area contributed by atoms with Gasteiger partial charge in [0.15, 0.2) is 0 Å². The van der Waals surface area contributed by atoms with Gasteiger partial charge in [0.25, 0.3) is 0 Å². The fourth-order valence-electron chi connectivity index (χ4n) is 3.90. The van der Waals surface area contributed by atoms with Gasteiger partial charge in [-0.25, -0.2) is 4.79 Å². The zero-order chi connectivity index (χ0) is 20.6. The Kier molecular flexibility index (Phi) is 4.88. The number of aliphatic carboxylic acids is 1. The topological polar surface area (TPSA) is 102 Å². The summed E-state index contributed by atoms with van der Waals surface area (Å²) in [6.07, 6.45) is 4.06. The molecule has 0 saturated heterocycles. The van der Waals surface area contributed by atoms with Crippen molar-refractivity contribution in [3.05, 3.63) is 59.8 Å². The largest absolute Gasteiger partial charge is 0.480 e. The third-order valence-electron chi connectivity index (χ3n) is 5.85. The van der Waals surface area contributed by atoms with Gasteiger partial charge in [0.05, 0.1) is 6.61 Å². The fraction of sp³-hybridized carbons (Fsp3) is 0.304. The highest BCUT2D eigenvalue weighted by molar-refractivity contribution is 5.89. The lowest BCUT2D eigenvalue weighted by atomic mass is 9.94. The molecule has 1 unspecified atom stereocenters. The predicted octanol–water partition coefficient (Wildman–Crippen LogP) is 2.99. The number of hydrogen-bond acceptors (Lipinski definition) is 3. The molecule has 1 aliphatic rings. The minimum Gasteiger partial charge on any atom is -0.480 e. The van der Waals surface area contributed by atoms with E-state index in [1.54, 1.807) is 6.20 Å². The first-order valence-electron chi connectivity index (χ1n) is 9.73. The molecule has 1 fully saturated rings. The lowest BCUT2D eigenvalue weighted by Gasteiger charge is -2.13. The number of carbonyl (C=O) groups is 2. The van der Waals surface area contributed by atoms with Crippen LogP contribution in [0.5, 0.6) is 0 Å². The third kappa shape index (κ3) is 3.76. The van der Waals surface area contributed by atoms with Gasteiger partial charge < -0.3 is 20.5 Å². The first-order valence-corrected chi connectivity index (χ1v) is 9.73. The number of aromatic nitrogens is 1. The summed E-state index contributed by atoms with van der Waals surface area (Å²) >= 11 is 0. The smallest absolute Gasteiger partial charge is 0.326 e. The Bertz CT molecular complexity index is 1060. The first kappa shape index (κ1) is 19.2. The lowest BCUT2D eigenvalue weighted by molar-refractivity contribution is -0.141. The molecule has 2 aromatic carbocycles. The molecule has 6 heteroatoms. The molecule has 150 valence electrons. The Hall–Kier alpha value is -3.12. The van der Waals surface area contributed by atoms with E-state index < -0.39 is 12.0 Å². The van der Waals surface area contributed by atoms with E-state index in [-0.39, 0.29) is 24.3 Å². The number of rotatable bonds is 7. The molecule has 1 aliphatic carbocycles. The van der Waals surface area contributed by atoms with E-state index in [1.807, 2.05) is 18.2 Å². The van der Waals surface area contributed by atoms with Crippen LogP contribution in [0.1, 0.15) is 30.9 Å². The Morgan fingerprint density at radius 1 is 1.14 bits per heavy atom. The molecule has 4 N–H and O–H groups in total. The maximum atomic E-state index is 11.5. The second-order valence-corrected chi connectivity index (χ2v) is 7.89. The van der Waals surface area contributed by atoms with Gasteiger partial charge in [0.1, 0.15) is 6.04 Å². The summed E-state index contributed by atoms with van der Waals surface area (Å²) in [4.78, 5) is 26.0. The normalized spacial score (nSPS) is 15.8. The maximum Gasteiger partial charge on any atom is 0.326 e. The van der Waals surface area contributed by atoms with Gasteiger partial charge in [0.2, 0.25) is 5.91 Å². The second kappa shape index (κ2) is 7.37. The van der Waals surface area contributed by atoms with Crippen LogP contribution in [0.15, 0.2) is 48.7 Å². The number of fused-ring (bicyclic) bond motifs is 1. The number of aliphatic hydroxyl groups is 1. The van der Waals surface area contributed by atoms with E-state index in [2.05, 4.69) is 34.6 Å². The first-order chi connectivity index (χ1) is 13.9.